The minimum absolute atomic E-state index is 0.158. The Morgan fingerprint density at radius 3 is 2.64 bits per heavy atom. The van der Waals surface area contributed by atoms with Crippen LogP contribution in [-0.2, 0) is 4.74 Å². The van der Waals surface area contributed by atoms with Gasteiger partial charge >= 0.3 is 6.09 Å². The lowest BCUT2D eigenvalue weighted by molar-refractivity contribution is 0.0177. The van der Waals surface area contributed by atoms with Gasteiger partial charge in [-0.15, -0.1) is 0 Å². The molecule has 0 spiro atoms. The summed E-state index contributed by atoms with van der Waals surface area (Å²) in [6, 6.07) is 1.07. The van der Waals surface area contributed by atoms with Gasteiger partial charge in [0.25, 0.3) is 0 Å². The van der Waals surface area contributed by atoms with E-state index in [0.29, 0.717) is 12.1 Å². The Bertz CT molecular complexity index is 407. The van der Waals surface area contributed by atoms with Crippen molar-refractivity contribution in [2.24, 2.45) is 5.92 Å². The zero-order valence-corrected chi connectivity index (χ0v) is 14.3. The average Bonchev–Trinajstić information content (AvgIpc) is 2.83. The van der Waals surface area contributed by atoms with E-state index in [9.17, 15) is 4.79 Å². The summed E-state index contributed by atoms with van der Waals surface area (Å²) in [5.41, 5.74) is -0.409. The van der Waals surface area contributed by atoms with Gasteiger partial charge in [-0.05, 0) is 65.5 Å². The number of piperidine rings is 2. The molecule has 3 heterocycles. The van der Waals surface area contributed by atoms with Crippen LogP contribution in [0.5, 0.6) is 0 Å². The van der Waals surface area contributed by atoms with E-state index in [1.54, 1.807) is 0 Å². The number of carbonyl (C=O) groups excluding carboxylic acids is 1. The Morgan fingerprint density at radius 2 is 1.86 bits per heavy atom. The van der Waals surface area contributed by atoms with Gasteiger partial charge in [-0.1, -0.05) is 0 Å². The number of likely N-dealkylation sites (tertiary alicyclic amines) is 1. The molecule has 5 heteroatoms. The monoisotopic (exact) mass is 309 g/mol. The van der Waals surface area contributed by atoms with Crippen LogP contribution >= 0.6 is 0 Å². The summed E-state index contributed by atoms with van der Waals surface area (Å²) in [6.07, 6.45) is 4.68. The predicted molar refractivity (Wildman–Crippen MR) is 86.9 cm³/mol. The Hall–Kier alpha value is -0.810. The number of amides is 1. The van der Waals surface area contributed by atoms with Crippen molar-refractivity contribution in [3.05, 3.63) is 0 Å². The van der Waals surface area contributed by atoms with Gasteiger partial charge < -0.3 is 19.9 Å². The van der Waals surface area contributed by atoms with E-state index in [-0.39, 0.29) is 6.09 Å². The van der Waals surface area contributed by atoms with Gasteiger partial charge in [0.2, 0.25) is 0 Å². The van der Waals surface area contributed by atoms with E-state index in [2.05, 4.69) is 10.2 Å². The molecule has 0 aromatic rings. The Labute approximate surface area is 134 Å². The van der Waals surface area contributed by atoms with Gasteiger partial charge in [0.05, 0.1) is 0 Å². The van der Waals surface area contributed by atoms with Crippen molar-refractivity contribution in [2.75, 3.05) is 32.7 Å². The third-order valence-electron chi connectivity index (χ3n) is 5.16. The summed E-state index contributed by atoms with van der Waals surface area (Å²) in [7, 11) is 0. The molecule has 4 unspecified atom stereocenters. The van der Waals surface area contributed by atoms with Crippen molar-refractivity contribution in [1.82, 2.24) is 15.1 Å². The first-order valence-corrected chi connectivity index (χ1v) is 8.87. The molecule has 0 aromatic carbocycles. The van der Waals surface area contributed by atoms with E-state index in [1.807, 2.05) is 25.7 Å². The molecule has 0 aliphatic carbocycles. The van der Waals surface area contributed by atoms with Crippen LogP contribution in [0.25, 0.3) is 0 Å². The van der Waals surface area contributed by atoms with Crippen molar-refractivity contribution in [2.45, 2.75) is 64.1 Å². The number of rotatable bonds is 2. The molecule has 5 nitrogen and oxygen atoms in total. The molecular weight excluding hydrogens is 278 g/mol. The maximum absolute atomic E-state index is 12.2. The van der Waals surface area contributed by atoms with Crippen LogP contribution < -0.4 is 5.32 Å². The molecule has 1 amide bonds. The molecule has 4 atom stereocenters. The summed E-state index contributed by atoms with van der Waals surface area (Å²) in [5.74, 6) is 0.811. The molecule has 3 aliphatic heterocycles. The molecule has 3 fully saturated rings. The predicted octanol–water partition coefficient (Wildman–Crippen LogP) is 2.07. The second kappa shape index (κ2) is 6.36. The quantitative estimate of drug-likeness (QED) is 0.848. The Morgan fingerprint density at radius 1 is 1.09 bits per heavy atom. The SMILES string of the molecule is CC(C)(C)OC(=O)N1CCCC(NC2CCN3CCC2C3)C1. The van der Waals surface area contributed by atoms with Crippen molar-refractivity contribution < 1.29 is 9.53 Å². The summed E-state index contributed by atoms with van der Waals surface area (Å²) < 4.78 is 5.52. The number of ether oxygens (including phenoxy) is 1. The van der Waals surface area contributed by atoms with Crippen molar-refractivity contribution in [1.29, 1.82) is 0 Å². The largest absolute Gasteiger partial charge is 0.444 e. The van der Waals surface area contributed by atoms with E-state index in [0.717, 1.165) is 25.4 Å². The highest BCUT2D eigenvalue weighted by Crippen LogP contribution is 2.28. The third kappa shape index (κ3) is 3.93. The summed E-state index contributed by atoms with van der Waals surface area (Å²) in [4.78, 5) is 16.7. The first kappa shape index (κ1) is 16.1. The molecular formula is C17H31N3O2. The first-order valence-electron chi connectivity index (χ1n) is 8.87. The van der Waals surface area contributed by atoms with Crippen LogP contribution in [0.4, 0.5) is 4.79 Å². The van der Waals surface area contributed by atoms with Crippen LogP contribution in [0, 0.1) is 5.92 Å². The Balaban J connectivity index is 1.51. The topological polar surface area (TPSA) is 44.8 Å². The fraction of sp³-hybridized carbons (Fsp3) is 0.941. The van der Waals surface area contributed by atoms with E-state index in [4.69, 9.17) is 4.74 Å². The fourth-order valence-corrected chi connectivity index (χ4v) is 4.08. The van der Waals surface area contributed by atoms with E-state index < -0.39 is 5.60 Å². The van der Waals surface area contributed by atoms with Gasteiger partial charge in [-0.3, -0.25) is 0 Å². The first-order chi connectivity index (χ1) is 10.4. The molecule has 3 aliphatic rings. The summed E-state index contributed by atoms with van der Waals surface area (Å²) >= 11 is 0. The number of fused-ring (bicyclic) bond motifs is 2. The number of nitrogens with one attached hydrogen (secondary N) is 1. The zero-order chi connectivity index (χ0) is 15.7. The van der Waals surface area contributed by atoms with Crippen molar-refractivity contribution in [3.8, 4) is 0 Å². The van der Waals surface area contributed by atoms with Crippen molar-refractivity contribution >= 4 is 6.09 Å². The second-order valence-electron chi connectivity index (χ2n) is 8.18. The van der Waals surface area contributed by atoms with Crippen LogP contribution in [-0.4, -0.2) is 66.3 Å². The number of nitrogens with zero attached hydrogens (tertiary/aromatic N) is 2. The Kier molecular flexibility index (Phi) is 4.64. The maximum Gasteiger partial charge on any atom is 0.410 e. The number of carbonyl (C=O) groups is 1. The highest BCUT2D eigenvalue weighted by Gasteiger charge is 2.36. The highest BCUT2D eigenvalue weighted by atomic mass is 16.6. The molecule has 126 valence electrons. The average molecular weight is 309 g/mol. The van der Waals surface area contributed by atoms with E-state index in [1.165, 1.54) is 38.9 Å². The number of hydrogen-bond donors (Lipinski definition) is 1. The number of hydrogen-bond acceptors (Lipinski definition) is 4. The molecule has 2 bridgehead atoms. The lowest BCUT2D eigenvalue weighted by Gasteiger charge is -2.39. The van der Waals surface area contributed by atoms with Gasteiger partial charge in [-0.25, -0.2) is 4.79 Å². The molecule has 3 saturated heterocycles. The van der Waals surface area contributed by atoms with Gasteiger partial charge in [0, 0.05) is 31.7 Å². The highest BCUT2D eigenvalue weighted by molar-refractivity contribution is 5.68. The minimum atomic E-state index is -0.409. The summed E-state index contributed by atoms with van der Waals surface area (Å²) in [6.45, 7) is 11.2. The molecule has 1 N–H and O–H groups in total. The molecule has 0 saturated carbocycles. The maximum atomic E-state index is 12.2. The van der Waals surface area contributed by atoms with E-state index >= 15 is 0 Å². The smallest absolute Gasteiger partial charge is 0.410 e. The van der Waals surface area contributed by atoms with Gasteiger partial charge in [0.15, 0.2) is 0 Å². The normalized spacial score (nSPS) is 35.5. The molecule has 22 heavy (non-hydrogen) atoms. The minimum Gasteiger partial charge on any atom is -0.444 e. The molecule has 3 rings (SSSR count). The molecule has 0 radical (unpaired) electrons. The lowest BCUT2D eigenvalue weighted by Crippen LogP contribution is -2.54. The van der Waals surface area contributed by atoms with Crippen LogP contribution in [0.15, 0.2) is 0 Å². The molecule has 0 aromatic heterocycles. The van der Waals surface area contributed by atoms with Crippen LogP contribution in [0.3, 0.4) is 0 Å². The second-order valence-corrected chi connectivity index (χ2v) is 8.18. The van der Waals surface area contributed by atoms with Gasteiger partial charge in [0.1, 0.15) is 5.60 Å². The lowest BCUT2D eigenvalue weighted by atomic mass is 9.92. The third-order valence-corrected chi connectivity index (χ3v) is 5.16. The zero-order valence-electron chi connectivity index (χ0n) is 14.3. The van der Waals surface area contributed by atoms with Gasteiger partial charge in [-0.2, -0.15) is 0 Å². The summed E-state index contributed by atoms with van der Waals surface area (Å²) in [5, 5.41) is 3.86. The standard InChI is InChI=1S/C17H31N3O2/c1-17(2,3)22-16(21)20-8-4-5-14(12-20)18-15-7-10-19-9-6-13(15)11-19/h13-15,18H,4-12H2,1-3H3. The van der Waals surface area contributed by atoms with Crippen LogP contribution in [0.2, 0.25) is 0 Å². The van der Waals surface area contributed by atoms with Crippen molar-refractivity contribution in [3.63, 3.8) is 0 Å². The fourth-order valence-electron chi connectivity index (χ4n) is 4.08. The van der Waals surface area contributed by atoms with Crippen LogP contribution in [0.1, 0.15) is 46.5 Å².